The normalized spacial score (nSPS) is 33.6. The van der Waals surface area contributed by atoms with Gasteiger partial charge in [0, 0.05) is 31.3 Å². The van der Waals surface area contributed by atoms with Crippen LogP contribution in [-0.4, -0.2) is 47.8 Å². The molecule has 2 N–H and O–H groups in total. The average Bonchev–Trinajstić information content (AvgIpc) is 2.63. The van der Waals surface area contributed by atoms with Gasteiger partial charge in [-0.3, -0.25) is 0 Å². The lowest BCUT2D eigenvalue weighted by Crippen LogP contribution is -2.48. The van der Waals surface area contributed by atoms with E-state index in [-0.39, 0.29) is 0 Å². The van der Waals surface area contributed by atoms with Gasteiger partial charge in [0.1, 0.15) is 0 Å². The number of rotatable bonds is 6. The predicted molar refractivity (Wildman–Crippen MR) is 66.5 cm³/mol. The summed E-state index contributed by atoms with van der Waals surface area (Å²) in [6.07, 6.45) is 7.55. The maximum atomic E-state index is 8.96. The van der Waals surface area contributed by atoms with Crippen LogP contribution in [0.2, 0.25) is 0 Å². The van der Waals surface area contributed by atoms with Crippen molar-refractivity contribution < 1.29 is 5.11 Å². The van der Waals surface area contributed by atoms with Crippen LogP contribution in [-0.2, 0) is 0 Å². The highest BCUT2D eigenvalue weighted by Gasteiger charge is 2.35. The predicted octanol–water partition coefficient (Wildman–Crippen LogP) is 1.36. The summed E-state index contributed by atoms with van der Waals surface area (Å²) in [4.78, 5) is 2.61. The third kappa shape index (κ3) is 2.96. The van der Waals surface area contributed by atoms with Crippen molar-refractivity contribution in [3.05, 3.63) is 0 Å². The number of nitrogens with zero attached hydrogens (tertiary/aromatic N) is 1. The van der Waals surface area contributed by atoms with Gasteiger partial charge < -0.3 is 15.3 Å². The molecule has 3 nitrogen and oxygen atoms in total. The van der Waals surface area contributed by atoms with Gasteiger partial charge in [-0.25, -0.2) is 0 Å². The molecule has 16 heavy (non-hydrogen) atoms. The number of nitrogens with one attached hydrogen (secondary N) is 1. The van der Waals surface area contributed by atoms with Crippen molar-refractivity contribution in [3.63, 3.8) is 0 Å². The highest BCUT2D eigenvalue weighted by atomic mass is 16.3. The maximum absolute atomic E-state index is 8.96. The molecule has 0 aromatic rings. The second-order valence-electron chi connectivity index (χ2n) is 5.38. The second-order valence-corrected chi connectivity index (χ2v) is 5.38. The molecular weight excluding hydrogens is 200 g/mol. The minimum atomic E-state index is 0.331. The zero-order chi connectivity index (χ0) is 11.4. The third-order valence-electron chi connectivity index (χ3n) is 4.08. The number of aliphatic hydroxyl groups excluding tert-OH is 1. The zero-order valence-electron chi connectivity index (χ0n) is 10.5. The Morgan fingerprint density at radius 1 is 1.19 bits per heavy atom. The summed E-state index contributed by atoms with van der Waals surface area (Å²) >= 11 is 0. The lowest BCUT2D eigenvalue weighted by atomic mass is 9.98. The van der Waals surface area contributed by atoms with Crippen LogP contribution in [0.15, 0.2) is 0 Å². The molecule has 0 amide bonds. The summed E-state index contributed by atoms with van der Waals surface area (Å²) in [5, 5.41) is 12.7. The molecular formula is C13H26N2O. The number of piperidine rings is 1. The Kier molecular flexibility index (Phi) is 4.62. The Labute approximate surface area is 99.2 Å². The number of fused-ring (bicyclic) bond motifs is 2. The lowest BCUT2D eigenvalue weighted by molar-refractivity contribution is 0.130. The van der Waals surface area contributed by atoms with Crippen LogP contribution < -0.4 is 5.32 Å². The molecule has 94 valence electrons. The Balaban J connectivity index is 1.86. The fourth-order valence-electron chi connectivity index (χ4n) is 3.36. The minimum absolute atomic E-state index is 0.331. The standard InChI is InChI=1S/C13H26N2O/c1-2-6-15(7-3-8-16)13-9-11-4-5-12(10-13)14-11/h11-14,16H,2-10H2,1H3. The van der Waals surface area contributed by atoms with E-state index in [1.54, 1.807) is 0 Å². The van der Waals surface area contributed by atoms with E-state index in [1.165, 1.54) is 38.6 Å². The molecule has 0 aromatic heterocycles. The van der Waals surface area contributed by atoms with Gasteiger partial charge in [0.15, 0.2) is 0 Å². The first kappa shape index (κ1) is 12.3. The number of hydrogen-bond acceptors (Lipinski definition) is 3. The molecule has 0 saturated carbocycles. The van der Waals surface area contributed by atoms with Crippen LogP contribution in [0.1, 0.15) is 45.4 Å². The molecule has 2 atom stereocenters. The van der Waals surface area contributed by atoms with E-state index in [9.17, 15) is 0 Å². The molecule has 2 heterocycles. The molecule has 0 aliphatic carbocycles. The summed E-state index contributed by atoms with van der Waals surface area (Å²) in [5.41, 5.74) is 0. The highest BCUT2D eigenvalue weighted by Crippen LogP contribution is 2.29. The van der Waals surface area contributed by atoms with Crippen LogP contribution in [0.25, 0.3) is 0 Å². The van der Waals surface area contributed by atoms with Gasteiger partial charge in [-0.05, 0) is 45.1 Å². The zero-order valence-corrected chi connectivity index (χ0v) is 10.5. The van der Waals surface area contributed by atoms with Crippen molar-refractivity contribution in [2.24, 2.45) is 0 Å². The van der Waals surface area contributed by atoms with E-state index in [0.29, 0.717) is 6.61 Å². The van der Waals surface area contributed by atoms with Gasteiger partial charge in [0.05, 0.1) is 0 Å². The highest BCUT2D eigenvalue weighted by molar-refractivity contribution is 4.95. The summed E-state index contributed by atoms with van der Waals surface area (Å²) < 4.78 is 0. The van der Waals surface area contributed by atoms with Crippen LogP contribution in [0.4, 0.5) is 0 Å². The first-order valence-corrected chi connectivity index (χ1v) is 6.94. The third-order valence-corrected chi connectivity index (χ3v) is 4.08. The summed E-state index contributed by atoms with van der Waals surface area (Å²) in [6, 6.07) is 2.32. The van der Waals surface area contributed by atoms with Crippen LogP contribution in [0, 0.1) is 0 Å². The maximum Gasteiger partial charge on any atom is 0.0443 e. The fraction of sp³-hybridized carbons (Fsp3) is 1.00. The molecule has 3 heteroatoms. The Hall–Kier alpha value is -0.120. The van der Waals surface area contributed by atoms with E-state index in [4.69, 9.17) is 5.11 Å². The molecule has 2 fully saturated rings. The van der Waals surface area contributed by atoms with Crippen molar-refractivity contribution in [2.75, 3.05) is 19.7 Å². The molecule has 2 rings (SSSR count). The Morgan fingerprint density at radius 3 is 2.44 bits per heavy atom. The van der Waals surface area contributed by atoms with Crippen molar-refractivity contribution in [1.82, 2.24) is 10.2 Å². The lowest BCUT2D eigenvalue weighted by Gasteiger charge is -2.37. The van der Waals surface area contributed by atoms with Crippen molar-refractivity contribution >= 4 is 0 Å². The van der Waals surface area contributed by atoms with Gasteiger partial charge in [-0.1, -0.05) is 6.92 Å². The van der Waals surface area contributed by atoms with Gasteiger partial charge in [-0.2, -0.15) is 0 Å². The molecule has 2 aliphatic heterocycles. The molecule has 2 unspecified atom stereocenters. The summed E-state index contributed by atoms with van der Waals surface area (Å²) in [5.74, 6) is 0. The van der Waals surface area contributed by atoms with Crippen molar-refractivity contribution in [3.8, 4) is 0 Å². The van der Waals surface area contributed by atoms with Gasteiger partial charge in [-0.15, -0.1) is 0 Å². The van der Waals surface area contributed by atoms with E-state index in [1.807, 2.05) is 0 Å². The molecule has 2 bridgehead atoms. The molecule has 0 spiro atoms. The quantitative estimate of drug-likeness (QED) is 0.718. The number of hydrogen-bond donors (Lipinski definition) is 2. The van der Waals surface area contributed by atoms with Crippen molar-refractivity contribution in [2.45, 2.75) is 63.6 Å². The average molecular weight is 226 g/mol. The van der Waals surface area contributed by atoms with E-state index in [0.717, 1.165) is 31.1 Å². The van der Waals surface area contributed by atoms with Crippen molar-refractivity contribution in [1.29, 1.82) is 0 Å². The SMILES string of the molecule is CCCN(CCCO)C1CC2CCC(C1)N2. The fourth-order valence-corrected chi connectivity index (χ4v) is 3.36. The largest absolute Gasteiger partial charge is 0.396 e. The van der Waals surface area contributed by atoms with E-state index < -0.39 is 0 Å². The summed E-state index contributed by atoms with van der Waals surface area (Å²) in [6.45, 7) is 4.86. The smallest absolute Gasteiger partial charge is 0.0443 e. The van der Waals surface area contributed by atoms with Crippen LogP contribution in [0.3, 0.4) is 0 Å². The van der Waals surface area contributed by atoms with Gasteiger partial charge in [0.2, 0.25) is 0 Å². The molecule has 2 aliphatic rings. The Morgan fingerprint density at radius 2 is 1.88 bits per heavy atom. The molecule has 0 aromatic carbocycles. The summed E-state index contributed by atoms with van der Waals surface area (Å²) in [7, 11) is 0. The number of aliphatic hydroxyl groups is 1. The Bertz CT molecular complexity index is 198. The second kappa shape index (κ2) is 5.99. The molecule has 0 radical (unpaired) electrons. The van der Waals surface area contributed by atoms with Gasteiger partial charge in [0.25, 0.3) is 0 Å². The monoisotopic (exact) mass is 226 g/mol. The van der Waals surface area contributed by atoms with E-state index in [2.05, 4.69) is 17.1 Å². The van der Waals surface area contributed by atoms with Crippen LogP contribution >= 0.6 is 0 Å². The first-order valence-electron chi connectivity index (χ1n) is 6.94. The van der Waals surface area contributed by atoms with E-state index >= 15 is 0 Å². The van der Waals surface area contributed by atoms with Crippen LogP contribution in [0.5, 0.6) is 0 Å². The molecule has 2 saturated heterocycles. The topological polar surface area (TPSA) is 35.5 Å². The van der Waals surface area contributed by atoms with Gasteiger partial charge >= 0.3 is 0 Å². The first-order chi connectivity index (χ1) is 7.83. The minimum Gasteiger partial charge on any atom is -0.396 e.